The molecule has 1 aromatic carbocycles. The highest BCUT2D eigenvalue weighted by atomic mass is 35.5. The molecule has 1 aromatic rings. The molecule has 62 valence electrons. The summed E-state index contributed by atoms with van der Waals surface area (Å²) in [5, 5.41) is 9.93. The Morgan fingerprint density at radius 1 is 1.42 bits per heavy atom. The number of allylic oxidation sites excluding steroid dienone is 2. The lowest BCUT2D eigenvalue weighted by molar-refractivity contribution is 0.474. The van der Waals surface area contributed by atoms with Gasteiger partial charge in [0.1, 0.15) is 5.75 Å². The highest BCUT2D eigenvalue weighted by Gasteiger charge is 1.96. The summed E-state index contributed by atoms with van der Waals surface area (Å²) in [6.45, 7) is 3.53. The van der Waals surface area contributed by atoms with E-state index in [-0.39, 0.29) is 5.75 Å². The van der Waals surface area contributed by atoms with Gasteiger partial charge in [-0.3, -0.25) is 0 Å². The zero-order valence-electron chi connectivity index (χ0n) is 6.50. The van der Waals surface area contributed by atoms with Gasteiger partial charge in [0.05, 0.1) is 0 Å². The van der Waals surface area contributed by atoms with Crippen molar-refractivity contribution in [3.63, 3.8) is 0 Å². The van der Waals surface area contributed by atoms with Gasteiger partial charge in [0, 0.05) is 10.6 Å². The summed E-state index contributed by atoms with van der Waals surface area (Å²) in [6, 6.07) is 4.89. The van der Waals surface area contributed by atoms with Crippen molar-refractivity contribution in [1.82, 2.24) is 0 Å². The molecular weight excluding hydrogens is 172 g/mol. The molecule has 0 amide bonds. The quantitative estimate of drug-likeness (QED) is 0.693. The first-order chi connectivity index (χ1) is 5.74. The standard InChI is InChI=1S/C10H9ClO/c1-2-3-4-8-7-9(11)5-6-10(8)12/h2-7,12H,1H2/b4-3-. The predicted molar refractivity (Wildman–Crippen MR) is 52.3 cm³/mol. The Balaban J connectivity index is 3.04. The normalized spacial score (nSPS) is 10.4. The van der Waals surface area contributed by atoms with E-state index in [0.29, 0.717) is 10.6 Å². The maximum atomic E-state index is 9.32. The van der Waals surface area contributed by atoms with E-state index in [4.69, 9.17) is 11.6 Å². The van der Waals surface area contributed by atoms with Gasteiger partial charge in [0.25, 0.3) is 0 Å². The molecule has 2 heteroatoms. The number of benzene rings is 1. The van der Waals surface area contributed by atoms with E-state index in [9.17, 15) is 5.11 Å². The minimum absolute atomic E-state index is 0.220. The highest BCUT2D eigenvalue weighted by molar-refractivity contribution is 6.30. The number of phenolic OH excluding ortho intramolecular Hbond substituents is 1. The fourth-order valence-electron chi connectivity index (χ4n) is 0.831. The Morgan fingerprint density at radius 3 is 2.83 bits per heavy atom. The van der Waals surface area contributed by atoms with Crippen LogP contribution in [0.2, 0.25) is 5.02 Å². The Morgan fingerprint density at radius 2 is 2.17 bits per heavy atom. The van der Waals surface area contributed by atoms with Gasteiger partial charge in [0.15, 0.2) is 0 Å². The van der Waals surface area contributed by atoms with Crippen LogP contribution in [-0.2, 0) is 0 Å². The number of hydrogen-bond donors (Lipinski definition) is 1. The molecule has 12 heavy (non-hydrogen) atoms. The smallest absolute Gasteiger partial charge is 0.122 e. The van der Waals surface area contributed by atoms with Crippen LogP contribution < -0.4 is 0 Å². The molecule has 0 aliphatic carbocycles. The number of aromatic hydroxyl groups is 1. The monoisotopic (exact) mass is 180 g/mol. The SMILES string of the molecule is C=C/C=C\c1cc(Cl)ccc1O. The van der Waals surface area contributed by atoms with E-state index in [1.165, 1.54) is 0 Å². The van der Waals surface area contributed by atoms with Gasteiger partial charge < -0.3 is 5.11 Å². The molecule has 0 saturated carbocycles. The molecule has 0 radical (unpaired) electrons. The third kappa shape index (κ3) is 2.14. The highest BCUT2D eigenvalue weighted by Crippen LogP contribution is 2.22. The predicted octanol–water partition coefficient (Wildman–Crippen LogP) is 3.24. The van der Waals surface area contributed by atoms with E-state index >= 15 is 0 Å². The molecule has 0 fully saturated rings. The Labute approximate surface area is 76.6 Å². The number of halogens is 1. The lowest BCUT2D eigenvalue weighted by Crippen LogP contribution is -1.73. The first-order valence-corrected chi connectivity index (χ1v) is 3.89. The second-order valence-corrected chi connectivity index (χ2v) is 2.73. The van der Waals surface area contributed by atoms with E-state index in [2.05, 4.69) is 6.58 Å². The largest absolute Gasteiger partial charge is 0.507 e. The zero-order chi connectivity index (χ0) is 8.97. The van der Waals surface area contributed by atoms with Crippen molar-refractivity contribution in [2.45, 2.75) is 0 Å². The molecule has 0 unspecified atom stereocenters. The second-order valence-electron chi connectivity index (χ2n) is 2.30. The molecule has 0 aliphatic heterocycles. The van der Waals surface area contributed by atoms with E-state index in [1.807, 2.05) is 0 Å². The summed E-state index contributed by atoms with van der Waals surface area (Å²) in [4.78, 5) is 0. The first kappa shape index (κ1) is 8.88. The van der Waals surface area contributed by atoms with Gasteiger partial charge in [-0.05, 0) is 18.2 Å². The van der Waals surface area contributed by atoms with Crippen LogP contribution in [0.5, 0.6) is 5.75 Å². The number of phenols is 1. The maximum absolute atomic E-state index is 9.32. The Kier molecular flexibility index (Phi) is 2.94. The topological polar surface area (TPSA) is 20.2 Å². The minimum Gasteiger partial charge on any atom is -0.507 e. The van der Waals surface area contributed by atoms with Crippen LogP contribution in [-0.4, -0.2) is 5.11 Å². The average Bonchev–Trinajstić information content (AvgIpc) is 2.07. The van der Waals surface area contributed by atoms with Gasteiger partial charge in [-0.25, -0.2) is 0 Å². The Bertz CT molecular complexity index is 316. The van der Waals surface area contributed by atoms with Crippen molar-refractivity contribution in [1.29, 1.82) is 0 Å². The molecule has 0 spiro atoms. The first-order valence-electron chi connectivity index (χ1n) is 3.51. The van der Waals surface area contributed by atoms with Gasteiger partial charge in [-0.1, -0.05) is 36.4 Å². The van der Waals surface area contributed by atoms with E-state index in [0.717, 1.165) is 0 Å². The van der Waals surface area contributed by atoms with Crippen molar-refractivity contribution in [2.24, 2.45) is 0 Å². The summed E-state index contributed by atoms with van der Waals surface area (Å²) in [5.41, 5.74) is 0.697. The Hall–Kier alpha value is -1.21. The third-order valence-electron chi connectivity index (χ3n) is 1.40. The lowest BCUT2D eigenvalue weighted by Gasteiger charge is -1.97. The fraction of sp³-hybridized carbons (Fsp3) is 0. The molecule has 1 nitrogen and oxygen atoms in total. The van der Waals surface area contributed by atoms with E-state index < -0.39 is 0 Å². The molecule has 0 aliphatic rings. The maximum Gasteiger partial charge on any atom is 0.122 e. The van der Waals surface area contributed by atoms with Crippen LogP contribution in [0.1, 0.15) is 5.56 Å². The summed E-state index contributed by atoms with van der Waals surface area (Å²) in [7, 11) is 0. The summed E-state index contributed by atoms with van der Waals surface area (Å²) < 4.78 is 0. The van der Waals surface area contributed by atoms with Crippen LogP contribution in [0.25, 0.3) is 6.08 Å². The molecule has 1 rings (SSSR count). The molecule has 0 aromatic heterocycles. The van der Waals surface area contributed by atoms with Gasteiger partial charge in [0.2, 0.25) is 0 Å². The average molecular weight is 181 g/mol. The summed E-state index contributed by atoms with van der Waals surface area (Å²) in [5.74, 6) is 0.220. The van der Waals surface area contributed by atoms with Crippen LogP contribution >= 0.6 is 11.6 Å². The van der Waals surface area contributed by atoms with Crippen molar-refractivity contribution in [3.8, 4) is 5.75 Å². The van der Waals surface area contributed by atoms with Crippen LogP contribution in [0.3, 0.4) is 0 Å². The molecule has 0 saturated heterocycles. The number of hydrogen-bond acceptors (Lipinski definition) is 1. The second kappa shape index (κ2) is 3.98. The van der Waals surface area contributed by atoms with Gasteiger partial charge >= 0.3 is 0 Å². The lowest BCUT2D eigenvalue weighted by atomic mass is 10.2. The molecular formula is C10H9ClO. The van der Waals surface area contributed by atoms with Crippen LogP contribution in [0, 0.1) is 0 Å². The van der Waals surface area contributed by atoms with E-state index in [1.54, 1.807) is 36.4 Å². The van der Waals surface area contributed by atoms with Crippen LogP contribution in [0.4, 0.5) is 0 Å². The minimum atomic E-state index is 0.220. The van der Waals surface area contributed by atoms with Gasteiger partial charge in [-0.15, -0.1) is 0 Å². The molecule has 0 atom stereocenters. The van der Waals surface area contributed by atoms with Crippen LogP contribution in [0.15, 0.2) is 36.9 Å². The fourth-order valence-corrected chi connectivity index (χ4v) is 1.01. The molecule has 1 N–H and O–H groups in total. The van der Waals surface area contributed by atoms with Crippen molar-refractivity contribution < 1.29 is 5.11 Å². The summed E-state index contributed by atoms with van der Waals surface area (Å²) in [6.07, 6.45) is 5.12. The van der Waals surface area contributed by atoms with Crippen molar-refractivity contribution >= 4 is 17.7 Å². The van der Waals surface area contributed by atoms with Crippen molar-refractivity contribution in [2.75, 3.05) is 0 Å². The van der Waals surface area contributed by atoms with Gasteiger partial charge in [-0.2, -0.15) is 0 Å². The molecule has 0 heterocycles. The van der Waals surface area contributed by atoms with Crippen molar-refractivity contribution in [3.05, 3.63) is 47.5 Å². The number of rotatable bonds is 2. The molecule has 0 bridgehead atoms. The third-order valence-corrected chi connectivity index (χ3v) is 1.64. The summed E-state index contributed by atoms with van der Waals surface area (Å²) >= 11 is 5.72. The zero-order valence-corrected chi connectivity index (χ0v) is 7.25.